The van der Waals surface area contributed by atoms with E-state index in [9.17, 15) is 0 Å². The summed E-state index contributed by atoms with van der Waals surface area (Å²) in [6.07, 6.45) is 0. The van der Waals surface area contributed by atoms with Gasteiger partial charge in [0.25, 0.3) is 0 Å². The van der Waals surface area contributed by atoms with E-state index in [1.165, 1.54) is 60.3 Å². The van der Waals surface area contributed by atoms with Gasteiger partial charge in [-0.2, -0.15) is 0 Å². The van der Waals surface area contributed by atoms with Crippen molar-refractivity contribution in [3.8, 4) is 45.3 Å². The molecule has 0 aliphatic heterocycles. The summed E-state index contributed by atoms with van der Waals surface area (Å²) in [4.78, 5) is 10.6. The van der Waals surface area contributed by atoms with E-state index in [4.69, 9.17) is 9.97 Å². The lowest BCUT2D eigenvalue weighted by atomic mass is 9.81. The van der Waals surface area contributed by atoms with E-state index in [0.717, 1.165) is 39.7 Å². The van der Waals surface area contributed by atoms with Gasteiger partial charge in [-0.3, -0.25) is 0 Å². The molecule has 3 aromatic heterocycles. The zero-order valence-corrected chi connectivity index (χ0v) is 29.5. The van der Waals surface area contributed by atoms with Gasteiger partial charge in [0.2, 0.25) is 0 Å². The van der Waals surface area contributed by atoms with Crippen molar-refractivity contribution in [3.63, 3.8) is 0 Å². The number of rotatable bonds is 4. The van der Waals surface area contributed by atoms with Crippen LogP contribution in [-0.4, -0.2) is 19.1 Å². The summed E-state index contributed by atoms with van der Waals surface area (Å²) in [6.45, 7) is 4.60. The summed E-state index contributed by atoms with van der Waals surface area (Å²) in [7, 11) is 0. The van der Waals surface area contributed by atoms with Gasteiger partial charge in [0, 0.05) is 60.6 Å². The highest BCUT2D eigenvalue weighted by atomic mass is 15.0. The SMILES string of the molecule is CC1(C)c2ccccc2-c2nc(-c3ccccc3)nc(-c3ccc(-n4c5ccccc5c5c4ccc4c6ccccc6n(-c6ccccc6)c45)cc3)c21. The van der Waals surface area contributed by atoms with Gasteiger partial charge >= 0.3 is 0 Å². The molecule has 0 amide bonds. The Bertz CT molecular complexity index is 3060. The summed E-state index contributed by atoms with van der Waals surface area (Å²) in [5, 5.41) is 5.00. The Morgan fingerprint density at radius 2 is 1.04 bits per heavy atom. The highest BCUT2D eigenvalue weighted by Crippen LogP contribution is 2.51. The van der Waals surface area contributed by atoms with Crippen molar-refractivity contribution in [2.45, 2.75) is 19.3 Å². The number of nitrogens with zero attached hydrogens (tertiary/aromatic N) is 4. The normalized spacial score (nSPS) is 13.2. The number of aromatic nitrogens is 4. The summed E-state index contributed by atoms with van der Waals surface area (Å²) in [6, 6.07) is 60.9. The fourth-order valence-corrected chi connectivity index (χ4v) is 8.94. The van der Waals surface area contributed by atoms with Crippen LogP contribution in [0.1, 0.15) is 25.0 Å². The van der Waals surface area contributed by atoms with E-state index in [-0.39, 0.29) is 5.41 Å². The molecule has 1 aliphatic rings. The second-order valence-corrected chi connectivity index (χ2v) is 14.6. The fraction of sp³-hybridized carbons (Fsp3) is 0.0612. The average molecular weight is 679 g/mol. The molecule has 3 heterocycles. The smallest absolute Gasteiger partial charge is 0.160 e. The zero-order valence-electron chi connectivity index (χ0n) is 29.5. The van der Waals surface area contributed by atoms with Crippen molar-refractivity contribution < 1.29 is 0 Å². The molecule has 4 nitrogen and oxygen atoms in total. The Kier molecular flexibility index (Phi) is 6.27. The molecule has 0 spiro atoms. The van der Waals surface area contributed by atoms with Crippen molar-refractivity contribution in [2.75, 3.05) is 0 Å². The van der Waals surface area contributed by atoms with E-state index in [1.54, 1.807) is 0 Å². The summed E-state index contributed by atoms with van der Waals surface area (Å²) < 4.78 is 4.85. The van der Waals surface area contributed by atoms with Gasteiger partial charge in [-0.25, -0.2) is 9.97 Å². The maximum Gasteiger partial charge on any atom is 0.160 e. The Morgan fingerprint density at radius 1 is 0.434 bits per heavy atom. The molecule has 0 atom stereocenters. The first-order valence-electron chi connectivity index (χ1n) is 18.3. The first-order valence-corrected chi connectivity index (χ1v) is 18.3. The molecule has 53 heavy (non-hydrogen) atoms. The Labute approximate surface area is 307 Å². The Balaban J connectivity index is 1.14. The monoisotopic (exact) mass is 678 g/mol. The molecule has 0 N–H and O–H groups in total. The third kappa shape index (κ3) is 4.24. The first kappa shape index (κ1) is 29.9. The van der Waals surface area contributed by atoms with E-state index < -0.39 is 0 Å². The molecule has 10 aromatic rings. The molecule has 1 aliphatic carbocycles. The van der Waals surface area contributed by atoms with Crippen LogP contribution in [0.2, 0.25) is 0 Å². The summed E-state index contributed by atoms with van der Waals surface area (Å²) in [5.41, 5.74) is 14.6. The molecule has 11 rings (SSSR count). The van der Waals surface area contributed by atoms with Crippen LogP contribution in [0, 0.1) is 0 Å². The first-order chi connectivity index (χ1) is 26.1. The van der Waals surface area contributed by atoms with Crippen molar-refractivity contribution >= 4 is 43.6 Å². The minimum absolute atomic E-state index is 0.245. The minimum Gasteiger partial charge on any atom is -0.309 e. The van der Waals surface area contributed by atoms with E-state index in [1.807, 2.05) is 6.07 Å². The van der Waals surface area contributed by atoms with Crippen molar-refractivity contribution in [1.29, 1.82) is 0 Å². The molecule has 250 valence electrons. The lowest BCUT2D eigenvalue weighted by Gasteiger charge is -2.24. The number of hydrogen-bond acceptors (Lipinski definition) is 2. The third-order valence-electron chi connectivity index (χ3n) is 11.3. The maximum atomic E-state index is 5.33. The van der Waals surface area contributed by atoms with Crippen LogP contribution in [0.15, 0.2) is 170 Å². The standard InChI is InChI=1S/C49H34N4/c1-49(2)39-22-12-9-20-37(39)46-44(49)45(50-48(51-46)32-15-5-3-6-16-32)31-25-27-34(28-26-31)52-41-24-14-11-21-38(41)43-42(52)30-29-36-35-19-10-13-23-40(35)53(47(36)43)33-17-7-4-8-18-33/h3-30H,1-2H3. The van der Waals surface area contributed by atoms with Gasteiger partial charge in [-0.05, 0) is 48.0 Å². The largest absolute Gasteiger partial charge is 0.309 e. The van der Waals surface area contributed by atoms with Gasteiger partial charge in [0.15, 0.2) is 5.82 Å². The van der Waals surface area contributed by atoms with Gasteiger partial charge in [0.05, 0.1) is 33.5 Å². The second-order valence-electron chi connectivity index (χ2n) is 14.6. The van der Waals surface area contributed by atoms with Gasteiger partial charge < -0.3 is 9.13 Å². The number of fused-ring (bicyclic) bond motifs is 10. The van der Waals surface area contributed by atoms with Crippen LogP contribution < -0.4 is 0 Å². The lowest BCUT2D eigenvalue weighted by Crippen LogP contribution is -2.17. The molecular formula is C49H34N4. The Morgan fingerprint density at radius 3 is 1.81 bits per heavy atom. The Hall–Kier alpha value is -6.78. The second kappa shape index (κ2) is 11.1. The summed E-state index contributed by atoms with van der Waals surface area (Å²) in [5.74, 6) is 0.746. The number of benzene rings is 7. The highest BCUT2D eigenvalue weighted by Gasteiger charge is 2.40. The van der Waals surface area contributed by atoms with Crippen LogP contribution in [-0.2, 0) is 5.41 Å². The lowest BCUT2D eigenvalue weighted by molar-refractivity contribution is 0.658. The van der Waals surface area contributed by atoms with Crippen molar-refractivity contribution in [2.24, 2.45) is 0 Å². The van der Waals surface area contributed by atoms with Gasteiger partial charge in [0.1, 0.15) is 0 Å². The molecular weight excluding hydrogens is 645 g/mol. The van der Waals surface area contributed by atoms with Crippen LogP contribution in [0.3, 0.4) is 0 Å². The zero-order chi connectivity index (χ0) is 35.3. The molecule has 0 unspecified atom stereocenters. The average Bonchev–Trinajstić information content (AvgIpc) is 3.82. The molecule has 0 saturated carbocycles. The molecule has 0 saturated heterocycles. The molecule has 7 aromatic carbocycles. The molecule has 0 radical (unpaired) electrons. The molecule has 0 bridgehead atoms. The van der Waals surface area contributed by atoms with Gasteiger partial charge in [-0.15, -0.1) is 0 Å². The quantitative estimate of drug-likeness (QED) is 0.186. The van der Waals surface area contributed by atoms with E-state index in [0.29, 0.717) is 0 Å². The predicted octanol–water partition coefficient (Wildman–Crippen LogP) is 12.3. The van der Waals surface area contributed by atoms with Crippen LogP contribution >= 0.6 is 0 Å². The van der Waals surface area contributed by atoms with Crippen molar-refractivity contribution in [1.82, 2.24) is 19.1 Å². The number of para-hydroxylation sites is 3. The minimum atomic E-state index is -0.245. The van der Waals surface area contributed by atoms with Crippen LogP contribution in [0.5, 0.6) is 0 Å². The van der Waals surface area contributed by atoms with E-state index >= 15 is 0 Å². The van der Waals surface area contributed by atoms with Crippen LogP contribution in [0.4, 0.5) is 0 Å². The highest BCUT2D eigenvalue weighted by molar-refractivity contribution is 6.26. The third-order valence-corrected chi connectivity index (χ3v) is 11.3. The van der Waals surface area contributed by atoms with Crippen molar-refractivity contribution in [3.05, 3.63) is 181 Å². The van der Waals surface area contributed by atoms with Crippen LogP contribution in [0.25, 0.3) is 88.9 Å². The fourth-order valence-electron chi connectivity index (χ4n) is 8.94. The maximum absolute atomic E-state index is 5.33. The van der Waals surface area contributed by atoms with E-state index in [2.05, 4.69) is 187 Å². The molecule has 0 fully saturated rings. The topological polar surface area (TPSA) is 35.6 Å². The number of hydrogen-bond donors (Lipinski definition) is 0. The summed E-state index contributed by atoms with van der Waals surface area (Å²) >= 11 is 0. The van der Waals surface area contributed by atoms with Gasteiger partial charge in [-0.1, -0.05) is 141 Å². The molecule has 4 heteroatoms. The predicted molar refractivity (Wildman–Crippen MR) is 219 cm³/mol.